The molecular formula is C13H28N2. The predicted octanol–water partition coefficient (Wildman–Crippen LogP) is 2.69. The average Bonchev–Trinajstić information content (AvgIpc) is 2.28. The number of rotatable bonds is 6. The summed E-state index contributed by atoms with van der Waals surface area (Å²) in [5, 5.41) is 7.35. The molecule has 1 atom stereocenters. The number of nitrogens with one attached hydrogen (secondary N) is 2. The first-order chi connectivity index (χ1) is 7.26. The SMILES string of the molecule is CCCNC1CCC(NC(C)CC)CC1. The molecule has 2 N–H and O–H groups in total. The minimum atomic E-state index is 0.690. The third kappa shape index (κ3) is 4.98. The van der Waals surface area contributed by atoms with Gasteiger partial charge >= 0.3 is 0 Å². The largest absolute Gasteiger partial charge is 0.314 e. The fourth-order valence-electron chi connectivity index (χ4n) is 2.33. The Morgan fingerprint density at radius 3 is 2.20 bits per heavy atom. The highest BCUT2D eigenvalue weighted by molar-refractivity contribution is 4.82. The van der Waals surface area contributed by atoms with Gasteiger partial charge in [0, 0.05) is 18.1 Å². The maximum atomic E-state index is 3.72. The first-order valence-corrected chi connectivity index (χ1v) is 6.75. The Morgan fingerprint density at radius 2 is 1.67 bits per heavy atom. The standard InChI is InChI=1S/C13H28N2/c1-4-10-14-12-6-8-13(9-7-12)15-11(3)5-2/h11-15H,4-10H2,1-3H3. The first-order valence-electron chi connectivity index (χ1n) is 6.75. The first kappa shape index (κ1) is 13.0. The van der Waals surface area contributed by atoms with Crippen LogP contribution in [0.2, 0.25) is 0 Å². The van der Waals surface area contributed by atoms with Crippen LogP contribution < -0.4 is 10.6 Å². The van der Waals surface area contributed by atoms with Gasteiger partial charge < -0.3 is 10.6 Å². The Morgan fingerprint density at radius 1 is 1.07 bits per heavy atom. The van der Waals surface area contributed by atoms with E-state index in [1.807, 2.05) is 0 Å². The van der Waals surface area contributed by atoms with E-state index >= 15 is 0 Å². The molecule has 0 aromatic carbocycles. The van der Waals surface area contributed by atoms with E-state index in [1.54, 1.807) is 0 Å². The second kappa shape index (κ2) is 7.24. The molecular weight excluding hydrogens is 184 g/mol. The molecule has 2 nitrogen and oxygen atoms in total. The Labute approximate surface area is 95.2 Å². The van der Waals surface area contributed by atoms with Gasteiger partial charge in [-0.25, -0.2) is 0 Å². The molecule has 1 aliphatic rings. The van der Waals surface area contributed by atoms with Crippen LogP contribution in [0.5, 0.6) is 0 Å². The molecule has 0 radical (unpaired) electrons. The van der Waals surface area contributed by atoms with E-state index in [2.05, 4.69) is 31.4 Å². The summed E-state index contributed by atoms with van der Waals surface area (Å²) >= 11 is 0. The Balaban J connectivity index is 2.12. The Bertz CT molecular complexity index is 151. The van der Waals surface area contributed by atoms with Crippen molar-refractivity contribution < 1.29 is 0 Å². The normalized spacial score (nSPS) is 29.0. The third-order valence-electron chi connectivity index (χ3n) is 3.54. The van der Waals surface area contributed by atoms with Crippen molar-refractivity contribution in [2.24, 2.45) is 0 Å². The smallest absolute Gasteiger partial charge is 0.00706 e. The van der Waals surface area contributed by atoms with Crippen LogP contribution in [0.25, 0.3) is 0 Å². The summed E-state index contributed by atoms with van der Waals surface area (Å²) in [7, 11) is 0. The molecule has 1 rings (SSSR count). The van der Waals surface area contributed by atoms with Gasteiger partial charge in [-0.3, -0.25) is 0 Å². The lowest BCUT2D eigenvalue weighted by Gasteiger charge is -2.31. The minimum Gasteiger partial charge on any atom is -0.314 e. The van der Waals surface area contributed by atoms with Crippen LogP contribution in [-0.4, -0.2) is 24.7 Å². The molecule has 1 aliphatic carbocycles. The maximum absolute atomic E-state index is 3.72. The van der Waals surface area contributed by atoms with Crippen molar-refractivity contribution in [3.05, 3.63) is 0 Å². The summed E-state index contributed by atoms with van der Waals surface area (Å²) in [6.07, 6.45) is 7.92. The molecule has 0 bridgehead atoms. The highest BCUT2D eigenvalue weighted by Gasteiger charge is 2.20. The molecule has 15 heavy (non-hydrogen) atoms. The van der Waals surface area contributed by atoms with E-state index in [4.69, 9.17) is 0 Å². The van der Waals surface area contributed by atoms with Crippen LogP contribution in [0.3, 0.4) is 0 Å². The van der Waals surface area contributed by atoms with E-state index < -0.39 is 0 Å². The lowest BCUT2D eigenvalue weighted by Crippen LogP contribution is -2.43. The maximum Gasteiger partial charge on any atom is 0.00706 e. The fourth-order valence-corrected chi connectivity index (χ4v) is 2.33. The van der Waals surface area contributed by atoms with Crippen LogP contribution in [0.15, 0.2) is 0 Å². The van der Waals surface area contributed by atoms with E-state index in [-0.39, 0.29) is 0 Å². The zero-order chi connectivity index (χ0) is 11.1. The van der Waals surface area contributed by atoms with Gasteiger partial charge in [0.15, 0.2) is 0 Å². The fraction of sp³-hybridized carbons (Fsp3) is 1.00. The Kier molecular flexibility index (Phi) is 6.26. The molecule has 0 aromatic rings. The summed E-state index contributed by atoms with van der Waals surface area (Å²) in [6.45, 7) is 7.98. The van der Waals surface area contributed by atoms with Crippen molar-refractivity contribution in [1.29, 1.82) is 0 Å². The predicted molar refractivity (Wildman–Crippen MR) is 67.2 cm³/mol. The lowest BCUT2D eigenvalue weighted by atomic mass is 9.90. The van der Waals surface area contributed by atoms with Gasteiger partial charge in [0.25, 0.3) is 0 Å². The van der Waals surface area contributed by atoms with E-state index in [1.165, 1.54) is 45.1 Å². The van der Waals surface area contributed by atoms with Crippen molar-refractivity contribution in [2.75, 3.05) is 6.54 Å². The minimum absolute atomic E-state index is 0.690. The van der Waals surface area contributed by atoms with E-state index in [0.29, 0.717) is 6.04 Å². The van der Waals surface area contributed by atoms with Gasteiger partial charge in [-0.05, 0) is 52.0 Å². The summed E-state index contributed by atoms with van der Waals surface area (Å²) in [6, 6.07) is 2.26. The summed E-state index contributed by atoms with van der Waals surface area (Å²) < 4.78 is 0. The molecule has 0 heterocycles. The van der Waals surface area contributed by atoms with Crippen LogP contribution in [-0.2, 0) is 0 Å². The molecule has 0 aromatic heterocycles. The molecule has 0 saturated heterocycles. The molecule has 0 aliphatic heterocycles. The highest BCUT2D eigenvalue weighted by atomic mass is 15.0. The Hall–Kier alpha value is -0.0800. The van der Waals surface area contributed by atoms with E-state index in [9.17, 15) is 0 Å². The van der Waals surface area contributed by atoms with Gasteiger partial charge in [-0.15, -0.1) is 0 Å². The van der Waals surface area contributed by atoms with Gasteiger partial charge in [0.1, 0.15) is 0 Å². The summed E-state index contributed by atoms with van der Waals surface area (Å²) in [5.41, 5.74) is 0. The van der Waals surface area contributed by atoms with E-state index in [0.717, 1.165) is 12.1 Å². The second-order valence-corrected chi connectivity index (χ2v) is 4.98. The summed E-state index contributed by atoms with van der Waals surface area (Å²) in [4.78, 5) is 0. The van der Waals surface area contributed by atoms with Gasteiger partial charge in [-0.1, -0.05) is 13.8 Å². The number of hydrogen-bond donors (Lipinski definition) is 2. The number of hydrogen-bond acceptors (Lipinski definition) is 2. The molecule has 0 spiro atoms. The van der Waals surface area contributed by atoms with Gasteiger partial charge in [-0.2, -0.15) is 0 Å². The average molecular weight is 212 g/mol. The monoisotopic (exact) mass is 212 g/mol. The van der Waals surface area contributed by atoms with Crippen LogP contribution in [0.1, 0.15) is 59.3 Å². The zero-order valence-electron chi connectivity index (χ0n) is 10.7. The lowest BCUT2D eigenvalue weighted by molar-refractivity contribution is 0.290. The highest BCUT2D eigenvalue weighted by Crippen LogP contribution is 2.19. The van der Waals surface area contributed by atoms with Gasteiger partial charge in [0.2, 0.25) is 0 Å². The quantitative estimate of drug-likeness (QED) is 0.707. The molecule has 2 heteroatoms. The third-order valence-corrected chi connectivity index (χ3v) is 3.54. The van der Waals surface area contributed by atoms with Crippen molar-refractivity contribution in [1.82, 2.24) is 10.6 Å². The summed E-state index contributed by atoms with van der Waals surface area (Å²) in [5.74, 6) is 0. The molecule has 0 amide bonds. The molecule has 1 fully saturated rings. The molecule has 90 valence electrons. The topological polar surface area (TPSA) is 24.1 Å². The van der Waals surface area contributed by atoms with Crippen LogP contribution in [0.4, 0.5) is 0 Å². The van der Waals surface area contributed by atoms with Crippen molar-refractivity contribution in [2.45, 2.75) is 77.4 Å². The van der Waals surface area contributed by atoms with Crippen molar-refractivity contribution in [3.8, 4) is 0 Å². The van der Waals surface area contributed by atoms with Gasteiger partial charge in [0.05, 0.1) is 0 Å². The van der Waals surface area contributed by atoms with Crippen molar-refractivity contribution >= 4 is 0 Å². The molecule has 1 unspecified atom stereocenters. The molecule has 1 saturated carbocycles. The second-order valence-electron chi connectivity index (χ2n) is 4.98. The van der Waals surface area contributed by atoms with Crippen LogP contribution >= 0.6 is 0 Å². The van der Waals surface area contributed by atoms with Crippen LogP contribution in [0, 0.1) is 0 Å². The van der Waals surface area contributed by atoms with Crippen molar-refractivity contribution in [3.63, 3.8) is 0 Å². The zero-order valence-corrected chi connectivity index (χ0v) is 10.7.